The molecule has 9 heteroatoms. The van der Waals surface area contributed by atoms with Crippen LogP contribution in [0.3, 0.4) is 0 Å². The third-order valence-electron chi connectivity index (χ3n) is 8.18. The van der Waals surface area contributed by atoms with Gasteiger partial charge in [-0.15, -0.1) is 0 Å². The average Bonchev–Trinajstić information content (AvgIpc) is 3.53. The van der Waals surface area contributed by atoms with Crippen molar-refractivity contribution in [1.29, 1.82) is 0 Å². The molecule has 33 heavy (non-hydrogen) atoms. The summed E-state index contributed by atoms with van der Waals surface area (Å²) in [4.78, 5) is 12.9. The molecule has 0 spiro atoms. The highest BCUT2D eigenvalue weighted by Crippen LogP contribution is 2.55. The van der Waals surface area contributed by atoms with Crippen LogP contribution in [0.25, 0.3) is 0 Å². The standard InChI is InChI=1S/C24H27ClN2O5S/c1-24(29)13-9-8-12(10-13)22-18(24)11-19(32-22)33(30,31)27-23(28)26-21-16-6-2-4-14(16)20(25)15-5-3-7-17(15)21/h11-13,29H,2-10H2,1H3,(H2,26,27,28). The molecule has 0 saturated heterocycles. The van der Waals surface area contributed by atoms with Gasteiger partial charge in [0.05, 0.1) is 5.60 Å². The van der Waals surface area contributed by atoms with E-state index < -0.39 is 21.7 Å². The normalized spacial score (nSPS) is 27.2. The highest BCUT2D eigenvalue weighted by molar-refractivity contribution is 7.89. The highest BCUT2D eigenvalue weighted by atomic mass is 35.5. The van der Waals surface area contributed by atoms with Crippen LogP contribution in [0, 0.1) is 5.92 Å². The third kappa shape index (κ3) is 3.17. The Balaban J connectivity index is 1.29. The Morgan fingerprint density at radius 3 is 2.42 bits per heavy atom. The molecule has 2 bridgehead atoms. The lowest BCUT2D eigenvalue weighted by atomic mass is 9.76. The smallest absolute Gasteiger partial charge is 0.333 e. The maximum atomic E-state index is 13.0. The molecule has 176 valence electrons. The van der Waals surface area contributed by atoms with Crippen molar-refractivity contribution in [2.75, 3.05) is 5.32 Å². The fourth-order valence-electron chi connectivity index (χ4n) is 6.51. The largest absolute Gasteiger partial charge is 0.447 e. The molecule has 7 nitrogen and oxygen atoms in total. The van der Waals surface area contributed by atoms with Crippen molar-refractivity contribution in [3.05, 3.63) is 44.7 Å². The summed E-state index contributed by atoms with van der Waals surface area (Å²) in [5, 5.41) is 14.3. The lowest BCUT2D eigenvalue weighted by Crippen LogP contribution is -2.35. The number of sulfonamides is 1. The number of hydrogen-bond acceptors (Lipinski definition) is 5. The molecule has 4 aliphatic rings. The minimum absolute atomic E-state index is 0.0912. The maximum Gasteiger partial charge on any atom is 0.333 e. The van der Waals surface area contributed by atoms with Crippen LogP contribution in [0.2, 0.25) is 5.02 Å². The number of anilines is 1. The van der Waals surface area contributed by atoms with Crippen LogP contribution in [-0.4, -0.2) is 19.6 Å². The van der Waals surface area contributed by atoms with E-state index in [1.165, 1.54) is 6.07 Å². The van der Waals surface area contributed by atoms with Gasteiger partial charge in [-0.3, -0.25) is 0 Å². The molecule has 3 atom stereocenters. The topological polar surface area (TPSA) is 109 Å². The number of urea groups is 1. The summed E-state index contributed by atoms with van der Waals surface area (Å²) in [5.74, 6) is 0.735. The van der Waals surface area contributed by atoms with Gasteiger partial charge < -0.3 is 14.8 Å². The number of fused-ring (bicyclic) bond motifs is 6. The summed E-state index contributed by atoms with van der Waals surface area (Å²) >= 11 is 6.64. The van der Waals surface area contributed by atoms with Crippen molar-refractivity contribution < 1.29 is 22.7 Å². The molecule has 1 heterocycles. The zero-order chi connectivity index (χ0) is 23.1. The Kier molecular flexibility index (Phi) is 4.71. The van der Waals surface area contributed by atoms with Crippen LogP contribution in [-0.2, 0) is 41.3 Å². The van der Waals surface area contributed by atoms with E-state index in [-0.39, 0.29) is 16.9 Å². The molecule has 4 aliphatic carbocycles. The predicted octanol–water partition coefficient (Wildman–Crippen LogP) is 4.53. The molecule has 1 fully saturated rings. The number of rotatable bonds is 3. The van der Waals surface area contributed by atoms with Gasteiger partial charge in [0, 0.05) is 28.3 Å². The van der Waals surface area contributed by atoms with Gasteiger partial charge in [0.2, 0.25) is 5.09 Å². The molecule has 3 unspecified atom stereocenters. The third-order valence-corrected chi connectivity index (χ3v) is 9.82. The number of benzene rings is 1. The van der Waals surface area contributed by atoms with E-state index in [1.807, 2.05) is 0 Å². The molecule has 1 saturated carbocycles. The summed E-state index contributed by atoms with van der Waals surface area (Å²) in [7, 11) is -4.24. The number of aliphatic hydroxyl groups is 1. The van der Waals surface area contributed by atoms with Gasteiger partial charge in [-0.05, 0) is 92.9 Å². The molecule has 2 aromatic rings. The minimum atomic E-state index is -4.24. The van der Waals surface area contributed by atoms with E-state index in [1.54, 1.807) is 6.92 Å². The summed E-state index contributed by atoms with van der Waals surface area (Å²) < 4.78 is 33.9. The molecule has 0 aliphatic heterocycles. The number of nitrogens with one attached hydrogen (secondary N) is 2. The first kappa shape index (κ1) is 21.5. The fraction of sp³-hybridized carbons (Fsp3) is 0.542. The van der Waals surface area contributed by atoms with Crippen molar-refractivity contribution in [2.24, 2.45) is 5.92 Å². The Labute approximate surface area is 197 Å². The van der Waals surface area contributed by atoms with E-state index in [2.05, 4.69) is 10.0 Å². The average molecular weight is 491 g/mol. The summed E-state index contributed by atoms with van der Waals surface area (Å²) in [6, 6.07) is 0.566. The van der Waals surface area contributed by atoms with Gasteiger partial charge in [0.15, 0.2) is 0 Å². The van der Waals surface area contributed by atoms with Crippen molar-refractivity contribution in [3.8, 4) is 0 Å². The maximum absolute atomic E-state index is 13.0. The van der Waals surface area contributed by atoms with E-state index in [0.717, 1.165) is 85.1 Å². The van der Waals surface area contributed by atoms with Crippen molar-refractivity contribution in [1.82, 2.24) is 4.72 Å². The Bertz CT molecular complexity index is 1260. The van der Waals surface area contributed by atoms with Gasteiger partial charge in [-0.1, -0.05) is 11.6 Å². The van der Waals surface area contributed by atoms with Crippen LogP contribution in [0.5, 0.6) is 0 Å². The quantitative estimate of drug-likeness (QED) is 0.586. The van der Waals surface area contributed by atoms with Crippen LogP contribution in [0.1, 0.15) is 78.5 Å². The number of carbonyl (C=O) groups is 1. The molecular formula is C24H27ClN2O5S. The summed E-state index contributed by atoms with van der Waals surface area (Å²) in [6.45, 7) is 1.71. The second-order valence-corrected chi connectivity index (χ2v) is 12.1. The molecule has 1 aromatic carbocycles. The minimum Gasteiger partial charge on any atom is -0.447 e. The first-order chi connectivity index (χ1) is 15.7. The zero-order valence-electron chi connectivity index (χ0n) is 18.5. The molecule has 0 radical (unpaired) electrons. The van der Waals surface area contributed by atoms with Crippen LogP contribution in [0.15, 0.2) is 15.6 Å². The van der Waals surface area contributed by atoms with Gasteiger partial charge >= 0.3 is 6.03 Å². The first-order valence-corrected chi connectivity index (χ1v) is 13.6. The monoisotopic (exact) mass is 490 g/mol. The zero-order valence-corrected chi connectivity index (χ0v) is 20.0. The summed E-state index contributed by atoms with van der Waals surface area (Å²) in [5.41, 5.74) is 4.30. The lowest BCUT2D eigenvalue weighted by Gasteiger charge is -2.33. The van der Waals surface area contributed by atoms with Crippen LogP contribution >= 0.6 is 11.6 Å². The van der Waals surface area contributed by atoms with E-state index in [9.17, 15) is 18.3 Å². The Hall–Kier alpha value is -2.03. The Morgan fingerprint density at radius 1 is 1.12 bits per heavy atom. The number of amides is 2. The van der Waals surface area contributed by atoms with Gasteiger partial charge in [0.25, 0.3) is 10.0 Å². The second-order valence-electron chi connectivity index (χ2n) is 10.1. The van der Waals surface area contributed by atoms with Crippen molar-refractivity contribution in [2.45, 2.75) is 81.3 Å². The fourth-order valence-corrected chi connectivity index (χ4v) is 7.80. The van der Waals surface area contributed by atoms with Gasteiger partial charge in [0.1, 0.15) is 5.76 Å². The van der Waals surface area contributed by atoms with Gasteiger partial charge in [-0.25, -0.2) is 9.52 Å². The number of halogens is 1. The van der Waals surface area contributed by atoms with E-state index in [4.69, 9.17) is 16.0 Å². The number of furan rings is 1. The molecule has 1 aromatic heterocycles. The highest BCUT2D eigenvalue weighted by Gasteiger charge is 2.49. The summed E-state index contributed by atoms with van der Waals surface area (Å²) in [6.07, 6.45) is 7.83. The van der Waals surface area contributed by atoms with Crippen molar-refractivity contribution >= 4 is 33.3 Å². The Morgan fingerprint density at radius 2 is 1.76 bits per heavy atom. The number of hydrogen-bond donors (Lipinski definition) is 3. The van der Waals surface area contributed by atoms with Gasteiger partial charge in [-0.2, -0.15) is 8.42 Å². The molecular weight excluding hydrogens is 464 g/mol. The van der Waals surface area contributed by atoms with Crippen molar-refractivity contribution in [3.63, 3.8) is 0 Å². The van der Waals surface area contributed by atoms with E-state index in [0.29, 0.717) is 17.0 Å². The second kappa shape index (κ2) is 7.23. The lowest BCUT2D eigenvalue weighted by molar-refractivity contribution is -0.0115. The molecule has 3 N–H and O–H groups in total. The first-order valence-electron chi connectivity index (χ1n) is 11.7. The SMILES string of the molecule is CC1(O)c2cc(S(=O)(=O)NC(=O)Nc3c4c(c(Cl)c5c3CCC5)CCC4)oc2C2CCC1C2. The van der Waals surface area contributed by atoms with E-state index >= 15 is 0 Å². The molecule has 2 amide bonds. The molecule has 6 rings (SSSR count). The van der Waals surface area contributed by atoms with Crippen LogP contribution in [0.4, 0.5) is 10.5 Å². The predicted molar refractivity (Wildman–Crippen MR) is 123 cm³/mol. The number of carbonyl (C=O) groups excluding carboxylic acids is 1. The van der Waals surface area contributed by atoms with Crippen LogP contribution < -0.4 is 10.0 Å².